The molecule has 2 aromatic carbocycles. The zero-order chi connectivity index (χ0) is 23.5. The number of aromatic nitrogens is 1. The van der Waals surface area contributed by atoms with Crippen LogP contribution in [0.15, 0.2) is 78.0 Å². The number of anilines is 1. The van der Waals surface area contributed by atoms with Crippen molar-refractivity contribution in [3.8, 4) is 0 Å². The van der Waals surface area contributed by atoms with Gasteiger partial charge in [0.15, 0.2) is 0 Å². The Morgan fingerprint density at radius 2 is 2.00 bits per heavy atom. The SMILES string of the molecule is O=C(c1cccc(S(=O)(=O)N2CCc3ccccc32)c1)N(Cc1cccnc1)CC1CCCO1. The largest absolute Gasteiger partial charge is 0.376 e. The van der Waals surface area contributed by atoms with Crippen LogP contribution >= 0.6 is 0 Å². The molecule has 7 nitrogen and oxygen atoms in total. The predicted octanol–water partition coefficient (Wildman–Crippen LogP) is 3.65. The van der Waals surface area contributed by atoms with Gasteiger partial charge in [0.2, 0.25) is 0 Å². The highest BCUT2D eigenvalue weighted by atomic mass is 32.2. The van der Waals surface area contributed by atoms with E-state index in [4.69, 9.17) is 4.74 Å². The van der Waals surface area contributed by atoms with Crippen LogP contribution in [0, 0.1) is 0 Å². The molecule has 0 saturated carbocycles. The maximum atomic E-state index is 13.6. The van der Waals surface area contributed by atoms with E-state index in [0.29, 0.717) is 43.9 Å². The van der Waals surface area contributed by atoms with Crippen molar-refractivity contribution in [1.82, 2.24) is 9.88 Å². The highest BCUT2D eigenvalue weighted by Gasteiger charge is 2.31. The second-order valence-electron chi connectivity index (χ2n) is 8.67. The normalized spacial score (nSPS) is 17.5. The summed E-state index contributed by atoms with van der Waals surface area (Å²) in [6.07, 6.45) is 5.97. The lowest BCUT2D eigenvalue weighted by molar-refractivity contribution is 0.0507. The van der Waals surface area contributed by atoms with Gasteiger partial charge in [-0.3, -0.25) is 14.1 Å². The summed E-state index contributed by atoms with van der Waals surface area (Å²) in [7, 11) is -3.79. The number of carbonyl (C=O) groups excluding carboxylic acids is 1. The number of amides is 1. The molecular formula is C26H27N3O4S. The van der Waals surface area contributed by atoms with Crippen molar-refractivity contribution in [3.05, 3.63) is 89.7 Å². The van der Waals surface area contributed by atoms with Crippen LogP contribution in [-0.2, 0) is 27.7 Å². The van der Waals surface area contributed by atoms with Crippen molar-refractivity contribution in [2.45, 2.75) is 36.8 Å². The minimum Gasteiger partial charge on any atom is -0.376 e. The summed E-state index contributed by atoms with van der Waals surface area (Å²) in [6, 6.07) is 17.6. The van der Waals surface area contributed by atoms with Crippen LogP contribution in [0.5, 0.6) is 0 Å². The van der Waals surface area contributed by atoms with E-state index in [9.17, 15) is 13.2 Å². The standard InChI is InChI=1S/C26H27N3O4S/c30-26(28(19-23-9-5-15-33-23)18-20-6-4-13-27-17-20)22-8-3-10-24(16-22)34(31,32)29-14-12-21-7-1-2-11-25(21)29/h1-4,6-8,10-11,13,16-17,23H,5,9,12,14-15,18-19H2. The van der Waals surface area contributed by atoms with Crippen molar-refractivity contribution in [1.29, 1.82) is 0 Å². The minimum absolute atomic E-state index is 0.0198. The first-order valence-electron chi connectivity index (χ1n) is 11.5. The van der Waals surface area contributed by atoms with E-state index in [0.717, 1.165) is 24.0 Å². The van der Waals surface area contributed by atoms with Gasteiger partial charge in [0.25, 0.3) is 15.9 Å². The lowest BCUT2D eigenvalue weighted by Gasteiger charge is -2.26. The first-order valence-corrected chi connectivity index (χ1v) is 13.0. The molecule has 5 rings (SSSR count). The minimum atomic E-state index is -3.79. The van der Waals surface area contributed by atoms with Gasteiger partial charge in [0.05, 0.1) is 16.7 Å². The molecule has 0 radical (unpaired) electrons. The van der Waals surface area contributed by atoms with Crippen molar-refractivity contribution in [2.24, 2.45) is 0 Å². The molecule has 1 atom stereocenters. The van der Waals surface area contributed by atoms with Gasteiger partial charge in [-0.25, -0.2) is 8.42 Å². The van der Waals surface area contributed by atoms with Crippen LogP contribution in [0.3, 0.4) is 0 Å². The number of ether oxygens (including phenoxy) is 1. The second-order valence-corrected chi connectivity index (χ2v) is 10.5. The topological polar surface area (TPSA) is 79.8 Å². The fourth-order valence-corrected chi connectivity index (χ4v) is 6.17. The van der Waals surface area contributed by atoms with Crippen LogP contribution in [0.1, 0.15) is 34.3 Å². The summed E-state index contributed by atoms with van der Waals surface area (Å²) in [5.74, 6) is -0.224. The maximum Gasteiger partial charge on any atom is 0.264 e. The van der Waals surface area contributed by atoms with E-state index in [1.807, 2.05) is 36.4 Å². The van der Waals surface area contributed by atoms with Crippen molar-refractivity contribution < 1.29 is 17.9 Å². The van der Waals surface area contributed by atoms with Crippen molar-refractivity contribution in [2.75, 3.05) is 24.0 Å². The van der Waals surface area contributed by atoms with Crippen LogP contribution < -0.4 is 4.31 Å². The van der Waals surface area contributed by atoms with Gasteiger partial charge in [-0.1, -0.05) is 30.3 Å². The number of hydrogen-bond acceptors (Lipinski definition) is 5. The zero-order valence-corrected chi connectivity index (χ0v) is 19.7. The molecule has 1 fully saturated rings. The molecule has 8 heteroatoms. The highest BCUT2D eigenvalue weighted by Crippen LogP contribution is 2.33. The molecule has 1 saturated heterocycles. The fourth-order valence-electron chi connectivity index (χ4n) is 4.62. The Morgan fingerprint density at radius 1 is 1.12 bits per heavy atom. The molecule has 0 N–H and O–H groups in total. The summed E-state index contributed by atoms with van der Waals surface area (Å²) in [5, 5.41) is 0. The lowest BCUT2D eigenvalue weighted by Crippen LogP contribution is -2.37. The number of benzene rings is 2. The summed E-state index contributed by atoms with van der Waals surface area (Å²) in [5.41, 5.74) is 2.97. The van der Waals surface area contributed by atoms with E-state index in [1.54, 1.807) is 35.5 Å². The molecule has 3 aromatic rings. The van der Waals surface area contributed by atoms with E-state index >= 15 is 0 Å². The number of para-hydroxylation sites is 1. The number of sulfonamides is 1. The molecule has 1 aromatic heterocycles. The maximum absolute atomic E-state index is 13.6. The molecule has 2 aliphatic rings. The summed E-state index contributed by atoms with van der Waals surface area (Å²) >= 11 is 0. The predicted molar refractivity (Wildman–Crippen MR) is 129 cm³/mol. The Labute approximate surface area is 200 Å². The smallest absolute Gasteiger partial charge is 0.264 e. The quantitative estimate of drug-likeness (QED) is 0.519. The third-order valence-electron chi connectivity index (χ3n) is 6.34. The molecule has 0 spiro atoms. The molecule has 0 aliphatic carbocycles. The monoisotopic (exact) mass is 477 g/mol. The Bertz CT molecular complexity index is 1270. The van der Waals surface area contributed by atoms with Crippen LogP contribution in [0.25, 0.3) is 0 Å². The molecule has 176 valence electrons. The van der Waals surface area contributed by atoms with Crippen molar-refractivity contribution >= 4 is 21.6 Å². The van der Waals surface area contributed by atoms with Crippen LogP contribution in [0.4, 0.5) is 5.69 Å². The molecular weight excluding hydrogens is 450 g/mol. The number of rotatable bonds is 7. The van der Waals surface area contributed by atoms with E-state index in [2.05, 4.69) is 4.98 Å². The van der Waals surface area contributed by atoms with E-state index in [1.165, 1.54) is 10.4 Å². The number of fused-ring (bicyclic) bond motifs is 1. The third-order valence-corrected chi connectivity index (χ3v) is 8.15. The summed E-state index contributed by atoms with van der Waals surface area (Å²) in [4.78, 5) is 19.6. The average molecular weight is 478 g/mol. The van der Waals surface area contributed by atoms with Gasteiger partial charge < -0.3 is 9.64 Å². The number of carbonyl (C=O) groups is 1. The Kier molecular flexibility index (Phi) is 6.34. The molecule has 1 amide bonds. The van der Waals surface area contributed by atoms with Gasteiger partial charge in [-0.05, 0) is 60.7 Å². The van der Waals surface area contributed by atoms with E-state index < -0.39 is 10.0 Å². The molecule has 0 bridgehead atoms. The summed E-state index contributed by atoms with van der Waals surface area (Å²) in [6.45, 7) is 1.92. The third kappa shape index (κ3) is 4.56. The molecule has 3 heterocycles. The molecule has 34 heavy (non-hydrogen) atoms. The van der Waals surface area contributed by atoms with Gasteiger partial charge in [-0.15, -0.1) is 0 Å². The fraction of sp³-hybridized carbons (Fsp3) is 0.308. The molecule has 1 unspecified atom stereocenters. The Morgan fingerprint density at radius 3 is 2.79 bits per heavy atom. The molecule has 2 aliphatic heterocycles. The zero-order valence-electron chi connectivity index (χ0n) is 18.8. The highest BCUT2D eigenvalue weighted by molar-refractivity contribution is 7.92. The first kappa shape index (κ1) is 22.6. The lowest BCUT2D eigenvalue weighted by atomic mass is 10.1. The van der Waals surface area contributed by atoms with Crippen molar-refractivity contribution in [3.63, 3.8) is 0 Å². The number of pyridine rings is 1. The van der Waals surface area contributed by atoms with Gasteiger partial charge in [0.1, 0.15) is 0 Å². The van der Waals surface area contributed by atoms with Gasteiger partial charge >= 0.3 is 0 Å². The Hall–Kier alpha value is -3.23. The second kappa shape index (κ2) is 9.56. The van der Waals surface area contributed by atoms with Gasteiger partial charge in [-0.2, -0.15) is 0 Å². The van der Waals surface area contributed by atoms with Crippen LogP contribution in [0.2, 0.25) is 0 Å². The first-order chi connectivity index (χ1) is 16.5. The van der Waals surface area contributed by atoms with E-state index in [-0.39, 0.29) is 16.9 Å². The number of hydrogen-bond donors (Lipinski definition) is 0. The van der Waals surface area contributed by atoms with Gasteiger partial charge in [0, 0.05) is 44.2 Å². The number of nitrogens with zero attached hydrogens (tertiary/aromatic N) is 3. The van der Waals surface area contributed by atoms with Crippen LogP contribution in [-0.4, -0.2) is 50.0 Å². The summed E-state index contributed by atoms with van der Waals surface area (Å²) < 4.78 is 34.2. The Balaban J connectivity index is 1.43. The average Bonchev–Trinajstić information content (AvgIpc) is 3.54.